The van der Waals surface area contributed by atoms with Gasteiger partial charge in [-0.15, -0.1) is 0 Å². The third-order valence-electron chi connectivity index (χ3n) is 2.63. The monoisotopic (exact) mass is 272 g/mol. The number of nitrogens with zero attached hydrogens (tertiary/aromatic N) is 1. The highest BCUT2D eigenvalue weighted by Gasteiger charge is 2.13. The van der Waals surface area contributed by atoms with Gasteiger partial charge >= 0.3 is 0 Å². The number of hydrogen-bond donors (Lipinski definition) is 1. The number of sulfone groups is 1. The van der Waals surface area contributed by atoms with E-state index < -0.39 is 9.84 Å². The van der Waals surface area contributed by atoms with E-state index in [1.165, 1.54) is 0 Å². The van der Waals surface area contributed by atoms with Crippen LogP contribution >= 0.6 is 0 Å². The summed E-state index contributed by atoms with van der Waals surface area (Å²) in [6, 6.07) is 3.63. The lowest BCUT2D eigenvalue weighted by Crippen LogP contribution is -2.33. The molecule has 0 radical (unpaired) electrons. The lowest BCUT2D eigenvalue weighted by atomic mass is 10.2. The molecule has 0 saturated heterocycles. The summed E-state index contributed by atoms with van der Waals surface area (Å²) in [4.78, 5) is 4.09. The molecule has 1 atom stereocenters. The summed E-state index contributed by atoms with van der Waals surface area (Å²) in [5, 5.41) is 3.16. The van der Waals surface area contributed by atoms with Crippen molar-refractivity contribution in [1.29, 1.82) is 0 Å². The van der Waals surface area contributed by atoms with E-state index in [0.29, 0.717) is 12.4 Å². The third kappa shape index (κ3) is 4.62. The fourth-order valence-corrected chi connectivity index (χ4v) is 2.70. The second kappa shape index (κ2) is 6.70. The maximum Gasteiger partial charge on any atom is 0.217 e. The Bertz CT molecular complexity index is 474. The van der Waals surface area contributed by atoms with Crippen molar-refractivity contribution in [3.8, 4) is 5.88 Å². The van der Waals surface area contributed by atoms with Gasteiger partial charge in [-0.25, -0.2) is 13.4 Å². The predicted octanol–water partition coefficient (Wildman–Crippen LogP) is 1.00. The van der Waals surface area contributed by atoms with Crippen LogP contribution in [0.3, 0.4) is 0 Å². The molecule has 1 aromatic rings. The average molecular weight is 272 g/mol. The highest BCUT2D eigenvalue weighted by molar-refractivity contribution is 7.91. The molecule has 0 amide bonds. The molecule has 1 heterocycles. The van der Waals surface area contributed by atoms with E-state index in [9.17, 15) is 8.42 Å². The van der Waals surface area contributed by atoms with E-state index in [4.69, 9.17) is 4.74 Å². The summed E-state index contributed by atoms with van der Waals surface area (Å²) in [5.41, 5.74) is 0.917. The lowest BCUT2D eigenvalue weighted by Gasteiger charge is -2.14. The number of rotatable bonds is 7. The van der Waals surface area contributed by atoms with Crippen LogP contribution in [0.5, 0.6) is 5.88 Å². The molecule has 0 aliphatic rings. The Hall–Kier alpha value is -1.14. The molecule has 1 rings (SSSR count). The second-order valence-electron chi connectivity index (χ2n) is 4.15. The van der Waals surface area contributed by atoms with Crippen LogP contribution in [0.1, 0.15) is 19.4 Å². The van der Waals surface area contributed by atoms with E-state index >= 15 is 0 Å². The summed E-state index contributed by atoms with van der Waals surface area (Å²) in [6.45, 7) is 4.06. The minimum atomic E-state index is -2.95. The molecule has 1 aromatic heterocycles. The van der Waals surface area contributed by atoms with Crippen molar-refractivity contribution < 1.29 is 13.2 Å². The molecule has 102 valence electrons. The smallest absolute Gasteiger partial charge is 0.217 e. The van der Waals surface area contributed by atoms with Crippen LogP contribution in [-0.4, -0.2) is 38.1 Å². The molecule has 0 aliphatic carbocycles. The fourth-order valence-electron chi connectivity index (χ4n) is 1.58. The lowest BCUT2D eigenvalue weighted by molar-refractivity contribution is 0.389. The third-order valence-corrected chi connectivity index (χ3v) is 4.52. The molecule has 0 bridgehead atoms. The van der Waals surface area contributed by atoms with E-state index in [1.54, 1.807) is 20.2 Å². The van der Waals surface area contributed by atoms with Crippen molar-refractivity contribution >= 4 is 9.84 Å². The standard InChI is InChI=1S/C12H20N2O3S/c1-4-18(15,16)9-10(2)14-8-11-6-5-7-13-12(11)17-3/h5-7,10,14H,4,8-9H2,1-3H3. The summed E-state index contributed by atoms with van der Waals surface area (Å²) in [5.74, 6) is 0.886. The molecule has 18 heavy (non-hydrogen) atoms. The predicted molar refractivity (Wildman–Crippen MR) is 71.4 cm³/mol. The van der Waals surface area contributed by atoms with Gasteiger partial charge in [0.15, 0.2) is 9.84 Å². The van der Waals surface area contributed by atoms with Crippen LogP contribution in [0, 0.1) is 0 Å². The van der Waals surface area contributed by atoms with Crippen LogP contribution in [0.15, 0.2) is 18.3 Å². The quantitative estimate of drug-likeness (QED) is 0.802. The molecule has 5 nitrogen and oxygen atoms in total. The maximum atomic E-state index is 11.5. The van der Waals surface area contributed by atoms with Gasteiger partial charge in [0.25, 0.3) is 0 Å². The Kier molecular flexibility index (Phi) is 5.55. The second-order valence-corrected chi connectivity index (χ2v) is 6.55. The summed E-state index contributed by atoms with van der Waals surface area (Å²) in [6.07, 6.45) is 1.66. The Morgan fingerprint density at radius 2 is 2.22 bits per heavy atom. The van der Waals surface area contributed by atoms with Crippen molar-refractivity contribution in [3.63, 3.8) is 0 Å². The first-order valence-corrected chi connectivity index (χ1v) is 7.72. The topological polar surface area (TPSA) is 68.3 Å². The van der Waals surface area contributed by atoms with Crippen molar-refractivity contribution in [2.45, 2.75) is 26.4 Å². The van der Waals surface area contributed by atoms with E-state index in [2.05, 4.69) is 10.3 Å². The molecule has 0 aliphatic heterocycles. The molecular formula is C12H20N2O3S. The molecule has 0 fully saturated rings. The molecule has 1 N–H and O–H groups in total. The Labute approximate surface area is 108 Å². The minimum Gasteiger partial charge on any atom is -0.481 e. The van der Waals surface area contributed by atoms with Crippen LogP contribution < -0.4 is 10.1 Å². The van der Waals surface area contributed by atoms with Crippen LogP contribution in [0.4, 0.5) is 0 Å². The van der Waals surface area contributed by atoms with Gasteiger partial charge in [-0.2, -0.15) is 0 Å². The highest BCUT2D eigenvalue weighted by atomic mass is 32.2. The zero-order chi connectivity index (χ0) is 13.6. The van der Waals surface area contributed by atoms with Crippen LogP contribution in [-0.2, 0) is 16.4 Å². The maximum absolute atomic E-state index is 11.5. The molecule has 0 aromatic carbocycles. The molecular weight excluding hydrogens is 252 g/mol. The first-order chi connectivity index (χ1) is 8.48. The Balaban J connectivity index is 2.55. The van der Waals surface area contributed by atoms with Gasteiger partial charge in [-0.3, -0.25) is 0 Å². The van der Waals surface area contributed by atoms with Crippen molar-refractivity contribution in [2.75, 3.05) is 18.6 Å². The van der Waals surface area contributed by atoms with Crippen molar-refractivity contribution in [1.82, 2.24) is 10.3 Å². The number of hydrogen-bond acceptors (Lipinski definition) is 5. The first-order valence-electron chi connectivity index (χ1n) is 5.90. The SMILES string of the molecule is CCS(=O)(=O)CC(C)NCc1cccnc1OC. The highest BCUT2D eigenvalue weighted by Crippen LogP contribution is 2.13. The fraction of sp³-hybridized carbons (Fsp3) is 0.583. The van der Waals surface area contributed by atoms with Gasteiger partial charge < -0.3 is 10.1 Å². The molecule has 1 unspecified atom stereocenters. The van der Waals surface area contributed by atoms with Gasteiger partial charge in [0.05, 0.1) is 12.9 Å². The largest absolute Gasteiger partial charge is 0.481 e. The number of methoxy groups -OCH3 is 1. The van der Waals surface area contributed by atoms with E-state index in [0.717, 1.165) is 5.56 Å². The summed E-state index contributed by atoms with van der Waals surface area (Å²) >= 11 is 0. The van der Waals surface area contributed by atoms with Gasteiger partial charge in [0, 0.05) is 30.1 Å². The van der Waals surface area contributed by atoms with Crippen molar-refractivity contribution in [3.05, 3.63) is 23.9 Å². The van der Waals surface area contributed by atoms with Gasteiger partial charge in [-0.05, 0) is 13.0 Å². The van der Waals surface area contributed by atoms with E-state index in [-0.39, 0.29) is 17.5 Å². The zero-order valence-corrected chi connectivity index (χ0v) is 11.8. The molecule has 0 spiro atoms. The Morgan fingerprint density at radius 1 is 1.50 bits per heavy atom. The van der Waals surface area contributed by atoms with Crippen molar-refractivity contribution in [2.24, 2.45) is 0 Å². The average Bonchev–Trinajstić information content (AvgIpc) is 2.36. The van der Waals surface area contributed by atoms with Gasteiger partial charge in [-0.1, -0.05) is 13.0 Å². The number of aromatic nitrogens is 1. The first kappa shape index (κ1) is 14.9. The zero-order valence-electron chi connectivity index (χ0n) is 11.0. The Morgan fingerprint density at radius 3 is 2.83 bits per heavy atom. The summed E-state index contributed by atoms with van der Waals surface area (Å²) < 4.78 is 28.1. The molecule has 6 heteroatoms. The van der Waals surface area contributed by atoms with E-state index in [1.807, 2.05) is 19.1 Å². The van der Waals surface area contributed by atoms with Crippen LogP contribution in [0.25, 0.3) is 0 Å². The van der Waals surface area contributed by atoms with Gasteiger partial charge in [0.1, 0.15) is 0 Å². The number of pyridine rings is 1. The van der Waals surface area contributed by atoms with Gasteiger partial charge in [0.2, 0.25) is 5.88 Å². The normalized spacial score (nSPS) is 13.3. The number of ether oxygens (including phenoxy) is 1. The number of nitrogens with one attached hydrogen (secondary N) is 1. The minimum absolute atomic E-state index is 0.0973. The summed E-state index contributed by atoms with van der Waals surface area (Å²) in [7, 11) is -1.38. The molecule has 0 saturated carbocycles. The van der Waals surface area contributed by atoms with Crippen LogP contribution in [0.2, 0.25) is 0 Å².